The van der Waals surface area contributed by atoms with E-state index in [9.17, 15) is 0 Å². The molecule has 0 heteroatoms. The van der Waals surface area contributed by atoms with Crippen LogP contribution in [0.25, 0.3) is 0 Å². The van der Waals surface area contributed by atoms with E-state index in [2.05, 4.69) is 38.7 Å². The van der Waals surface area contributed by atoms with Gasteiger partial charge >= 0.3 is 0 Å². The van der Waals surface area contributed by atoms with Crippen molar-refractivity contribution in [1.29, 1.82) is 0 Å². The van der Waals surface area contributed by atoms with Crippen molar-refractivity contribution >= 4 is 0 Å². The van der Waals surface area contributed by atoms with Crippen LogP contribution in [0.4, 0.5) is 0 Å². The third-order valence-corrected chi connectivity index (χ3v) is 3.54. The summed E-state index contributed by atoms with van der Waals surface area (Å²) in [5, 5.41) is 0. The largest absolute Gasteiger partial charge is 0.103 e. The van der Waals surface area contributed by atoms with Crippen molar-refractivity contribution in [2.45, 2.75) is 46.0 Å². The SMILES string of the molecule is C=CC(C)C(C)C=CC1CCCCC1. The first-order valence-electron chi connectivity index (χ1n) is 6.05. The van der Waals surface area contributed by atoms with Crippen molar-refractivity contribution < 1.29 is 0 Å². The maximum Gasteiger partial charge on any atom is -0.0202 e. The normalized spacial score (nSPS) is 23.6. The highest BCUT2D eigenvalue weighted by atomic mass is 14.2. The second-order valence-electron chi connectivity index (χ2n) is 4.74. The van der Waals surface area contributed by atoms with Crippen molar-refractivity contribution in [3.63, 3.8) is 0 Å². The third kappa shape index (κ3) is 3.69. The molecular weight excluding hydrogens is 168 g/mol. The van der Waals surface area contributed by atoms with Gasteiger partial charge in [0.25, 0.3) is 0 Å². The molecule has 0 saturated heterocycles. The second-order valence-corrected chi connectivity index (χ2v) is 4.74. The molecule has 0 nitrogen and oxygen atoms in total. The first-order chi connectivity index (χ1) is 6.74. The van der Waals surface area contributed by atoms with Gasteiger partial charge in [-0.25, -0.2) is 0 Å². The van der Waals surface area contributed by atoms with Gasteiger partial charge in [-0.2, -0.15) is 0 Å². The zero-order valence-corrected chi connectivity index (χ0v) is 9.71. The van der Waals surface area contributed by atoms with Gasteiger partial charge in [0.2, 0.25) is 0 Å². The summed E-state index contributed by atoms with van der Waals surface area (Å²) in [4.78, 5) is 0. The summed E-state index contributed by atoms with van der Waals surface area (Å²) in [5.74, 6) is 2.12. The van der Waals surface area contributed by atoms with Crippen molar-refractivity contribution in [2.75, 3.05) is 0 Å². The van der Waals surface area contributed by atoms with E-state index >= 15 is 0 Å². The van der Waals surface area contributed by atoms with Crippen LogP contribution in [-0.4, -0.2) is 0 Å². The summed E-state index contributed by atoms with van der Waals surface area (Å²) in [7, 11) is 0. The lowest BCUT2D eigenvalue weighted by atomic mass is 9.87. The lowest BCUT2D eigenvalue weighted by Crippen LogP contribution is -2.05. The fourth-order valence-corrected chi connectivity index (χ4v) is 2.05. The number of rotatable bonds is 4. The monoisotopic (exact) mass is 192 g/mol. The first kappa shape index (κ1) is 11.6. The molecule has 0 aromatic carbocycles. The Labute approximate surface area is 89.1 Å². The molecule has 2 atom stereocenters. The highest BCUT2D eigenvalue weighted by Crippen LogP contribution is 2.25. The quantitative estimate of drug-likeness (QED) is 0.572. The Morgan fingerprint density at radius 1 is 1.07 bits per heavy atom. The van der Waals surface area contributed by atoms with E-state index in [0.717, 1.165) is 5.92 Å². The second kappa shape index (κ2) is 6.06. The van der Waals surface area contributed by atoms with Crippen molar-refractivity contribution in [3.8, 4) is 0 Å². The predicted octanol–water partition coefficient (Wildman–Crippen LogP) is 4.58. The molecule has 0 radical (unpaired) electrons. The van der Waals surface area contributed by atoms with Crippen molar-refractivity contribution in [1.82, 2.24) is 0 Å². The Morgan fingerprint density at radius 2 is 1.71 bits per heavy atom. The average molecular weight is 192 g/mol. The fourth-order valence-electron chi connectivity index (χ4n) is 2.05. The summed E-state index contributed by atoms with van der Waals surface area (Å²) in [6.45, 7) is 8.36. The summed E-state index contributed by atoms with van der Waals surface area (Å²) < 4.78 is 0. The van der Waals surface area contributed by atoms with Gasteiger partial charge in [0.05, 0.1) is 0 Å². The minimum absolute atomic E-state index is 0.606. The molecule has 1 saturated carbocycles. The Hall–Kier alpha value is -0.520. The zero-order valence-electron chi connectivity index (χ0n) is 9.71. The van der Waals surface area contributed by atoms with Crippen LogP contribution in [0.5, 0.6) is 0 Å². The van der Waals surface area contributed by atoms with Crippen LogP contribution in [0, 0.1) is 17.8 Å². The summed E-state index contributed by atoms with van der Waals surface area (Å²) >= 11 is 0. The van der Waals surface area contributed by atoms with Crippen molar-refractivity contribution in [3.05, 3.63) is 24.8 Å². The predicted molar refractivity (Wildman–Crippen MR) is 64.2 cm³/mol. The zero-order chi connectivity index (χ0) is 10.4. The molecule has 0 aromatic rings. The van der Waals surface area contributed by atoms with E-state index in [1.54, 1.807) is 0 Å². The molecule has 2 unspecified atom stereocenters. The molecular formula is C14H24. The smallest absolute Gasteiger partial charge is 0.0202 e. The molecule has 0 spiro atoms. The molecule has 14 heavy (non-hydrogen) atoms. The van der Waals surface area contributed by atoms with Gasteiger partial charge < -0.3 is 0 Å². The molecule has 1 rings (SSSR count). The summed E-state index contributed by atoms with van der Waals surface area (Å²) in [5.41, 5.74) is 0. The molecule has 80 valence electrons. The number of allylic oxidation sites excluding steroid dienone is 3. The highest BCUT2D eigenvalue weighted by Gasteiger charge is 2.11. The van der Waals surface area contributed by atoms with Crippen LogP contribution < -0.4 is 0 Å². The Kier molecular flexibility index (Phi) is 5.00. The third-order valence-electron chi connectivity index (χ3n) is 3.54. The summed E-state index contributed by atoms with van der Waals surface area (Å²) in [6, 6.07) is 0. The molecule has 1 aliphatic carbocycles. The van der Waals surface area contributed by atoms with E-state index in [4.69, 9.17) is 0 Å². The Balaban J connectivity index is 2.33. The van der Waals surface area contributed by atoms with Crippen LogP contribution in [0.15, 0.2) is 24.8 Å². The standard InChI is InChI=1S/C14H24/c1-4-12(2)13(3)10-11-14-8-6-5-7-9-14/h4,10-14H,1,5-9H2,2-3H3. The average Bonchev–Trinajstić information content (AvgIpc) is 2.26. The molecule has 0 aliphatic heterocycles. The van der Waals surface area contributed by atoms with E-state index in [0.29, 0.717) is 11.8 Å². The summed E-state index contributed by atoms with van der Waals surface area (Å²) in [6.07, 6.45) is 14.0. The molecule has 0 N–H and O–H groups in total. The lowest BCUT2D eigenvalue weighted by Gasteiger charge is -2.19. The van der Waals surface area contributed by atoms with E-state index in [1.807, 2.05) is 0 Å². The minimum atomic E-state index is 0.606. The van der Waals surface area contributed by atoms with Gasteiger partial charge in [0.15, 0.2) is 0 Å². The minimum Gasteiger partial charge on any atom is -0.103 e. The fraction of sp³-hybridized carbons (Fsp3) is 0.714. The van der Waals surface area contributed by atoms with Gasteiger partial charge in [0.1, 0.15) is 0 Å². The highest BCUT2D eigenvalue weighted by molar-refractivity contribution is 4.96. The van der Waals surface area contributed by atoms with Gasteiger partial charge in [-0.15, -0.1) is 6.58 Å². The number of hydrogen-bond acceptors (Lipinski definition) is 0. The molecule has 0 bridgehead atoms. The topological polar surface area (TPSA) is 0 Å². The van der Waals surface area contributed by atoms with Crippen LogP contribution in [-0.2, 0) is 0 Å². The van der Waals surface area contributed by atoms with E-state index in [-0.39, 0.29) is 0 Å². The van der Waals surface area contributed by atoms with Crippen LogP contribution >= 0.6 is 0 Å². The van der Waals surface area contributed by atoms with E-state index in [1.165, 1.54) is 32.1 Å². The first-order valence-corrected chi connectivity index (χ1v) is 6.05. The maximum absolute atomic E-state index is 3.84. The van der Waals surface area contributed by atoms with Crippen LogP contribution in [0.1, 0.15) is 46.0 Å². The molecule has 0 aromatic heterocycles. The Bertz CT molecular complexity index is 184. The number of hydrogen-bond donors (Lipinski definition) is 0. The van der Waals surface area contributed by atoms with Crippen LogP contribution in [0.2, 0.25) is 0 Å². The lowest BCUT2D eigenvalue weighted by molar-refractivity contribution is 0.416. The maximum atomic E-state index is 3.84. The molecule has 1 fully saturated rings. The molecule has 0 heterocycles. The van der Waals surface area contributed by atoms with Crippen LogP contribution in [0.3, 0.4) is 0 Å². The van der Waals surface area contributed by atoms with Gasteiger partial charge in [0, 0.05) is 0 Å². The molecule has 1 aliphatic rings. The van der Waals surface area contributed by atoms with Gasteiger partial charge in [-0.1, -0.05) is 51.3 Å². The van der Waals surface area contributed by atoms with E-state index < -0.39 is 0 Å². The van der Waals surface area contributed by atoms with Gasteiger partial charge in [-0.3, -0.25) is 0 Å². The Morgan fingerprint density at radius 3 is 2.29 bits per heavy atom. The van der Waals surface area contributed by atoms with Crippen molar-refractivity contribution in [2.24, 2.45) is 17.8 Å². The van der Waals surface area contributed by atoms with Gasteiger partial charge in [-0.05, 0) is 30.6 Å². The molecule has 0 amide bonds.